The first-order valence-corrected chi connectivity index (χ1v) is 8.86. The number of alkyl carbamates (subject to hydrolysis) is 1. The number of carbonyl (C=O) groups is 1. The summed E-state index contributed by atoms with van der Waals surface area (Å²) in [5.41, 5.74) is 0.916. The third kappa shape index (κ3) is 9.56. The molecule has 0 saturated heterocycles. The fourth-order valence-electron chi connectivity index (χ4n) is 2.46. The monoisotopic (exact) mass is 334 g/mol. The number of hydrogen-bond donors (Lipinski definition) is 2. The molecule has 0 aliphatic carbocycles. The number of rotatable bonds is 8. The van der Waals surface area contributed by atoms with Gasteiger partial charge in [-0.15, -0.1) is 0 Å². The van der Waals surface area contributed by atoms with E-state index in [2.05, 4.69) is 48.7 Å². The van der Waals surface area contributed by atoms with Gasteiger partial charge in [0.05, 0.1) is 0 Å². The summed E-state index contributed by atoms with van der Waals surface area (Å²) in [6, 6.07) is 10.5. The fourth-order valence-corrected chi connectivity index (χ4v) is 2.46. The van der Waals surface area contributed by atoms with E-state index in [0.29, 0.717) is 0 Å². The van der Waals surface area contributed by atoms with Crippen LogP contribution in [0.2, 0.25) is 0 Å². The Morgan fingerprint density at radius 1 is 1.12 bits per heavy atom. The zero-order chi connectivity index (χ0) is 18.2. The van der Waals surface area contributed by atoms with Gasteiger partial charge in [0.25, 0.3) is 0 Å². The van der Waals surface area contributed by atoms with Gasteiger partial charge >= 0.3 is 6.09 Å². The highest BCUT2D eigenvalue weighted by Gasteiger charge is 2.19. The van der Waals surface area contributed by atoms with E-state index in [0.717, 1.165) is 25.8 Å². The average molecular weight is 335 g/mol. The van der Waals surface area contributed by atoms with Gasteiger partial charge in [-0.3, -0.25) is 0 Å². The lowest BCUT2D eigenvalue weighted by molar-refractivity contribution is 0.0505. The van der Waals surface area contributed by atoms with Crippen molar-refractivity contribution < 1.29 is 9.53 Å². The molecule has 1 rings (SSSR count). The highest BCUT2D eigenvalue weighted by Crippen LogP contribution is 2.15. The second-order valence-electron chi connectivity index (χ2n) is 8.16. The van der Waals surface area contributed by atoms with Gasteiger partial charge in [0.1, 0.15) is 5.60 Å². The maximum Gasteiger partial charge on any atom is 0.407 e. The quantitative estimate of drug-likeness (QED) is 0.728. The van der Waals surface area contributed by atoms with Crippen molar-refractivity contribution in [1.29, 1.82) is 0 Å². The van der Waals surface area contributed by atoms with E-state index >= 15 is 0 Å². The van der Waals surface area contributed by atoms with Gasteiger partial charge in [0.2, 0.25) is 0 Å². The Morgan fingerprint density at radius 2 is 1.75 bits per heavy atom. The van der Waals surface area contributed by atoms with Crippen LogP contribution in [0.3, 0.4) is 0 Å². The molecule has 0 heterocycles. The summed E-state index contributed by atoms with van der Waals surface area (Å²) in [5, 5.41) is 6.51. The van der Waals surface area contributed by atoms with Gasteiger partial charge in [-0.2, -0.15) is 0 Å². The van der Waals surface area contributed by atoms with Gasteiger partial charge in [-0.1, -0.05) is 30.3 Å². The number of carbonyl (C=O) groups excluding carboxylic acids is 1. The van der Waals surface area contributed by atoms with Gasteiger partial charge in [-0.05, 0) is 66.4 Å². The van der Waals surface area contributed by atoms with Crippen LogP contribution in [0.5, 0.6) is 0 Å². The minimum Gasteiger partial charge on any atom is -0.444 e. The van der Waals surface area contributed by atoms with Gasteiger partial charge in [0, 0.05) is 18.1 Å². The van der Waals surface area contributed by atoms with Crippen LogP contribution in [0.4, 0.5) is 4.79 Å². The van der Waals surface area contributed by atoms with E-state index in [9.17, 15) is 4.79 Å². The number of nitrogens with one attached hydrogen (secondary N) is 2. The Bertz CT molecular complexity index is 492. The minimum absolute atomic E-state index is 0.0709. The molecule has 24 heavy (non-hydrogen) atoms. The van der Waals surface area contributed by atoms with Crippen LogP contribution in [0.1, 0.15) is 66.4 Å². The van der Waals surface area contributed by atoms with Crippen LogP contribution in [-0.4, -0.2) is 23.3 Å². The Labute approximate surface area is 147 Å². The first-order valence-electron chi connectivity index (χ1n) is 8.86. The molecule has 0 bridgehead atoms. The first kappa shape index (κ1) is 20.5. The molecule has 1 atom stereocenters. The predicted molar refractivity (Wildman–Crippen MR) is 100 cm³/mol. The number of amides is 1. The molecule has 1 amide bonds. The van der Waals surface area contributed by atoms with Crippen molar-refractivity contribution in [2.45, 2.75) is 84.5 Å². The smallest absolute Gasteiger partial charge is 0.407 e. The molecule has 1 aromatic rings. The molecule has 0 saturated carbocycles. The lowest BCUT2D eigenvalue weighted by Gasteiger charge is -2.27. The third-order valence-corrected chi connectivity index (χ3v) is 3.82. The topological polar surface area (TPSA) is 50.4 Å². The van der Waals surface area contributed by atoms with E-state index < -0.39 is 5.60 Å². The molecule has 0 aromatic heterocycles. The van der Waals surface area contributed by atoms with Crippen molar-refractivity contribution in [1.82, 2.24) is 10.6 Å². The Balaban J connectivity index is 2.25. The summed E-state index contributed by atoms with van der Waals surface area (Å²) in [4.78, 5) is 11.7. The minimum atomic E-state index is -0.451. The van der Waals surface area contributed by atoms with Gasteiger partial charge in [0.15, 0.2) is 0 Å². The van der Waals surface area contributed by atoms with Crippen LogP contribution in [0.25, 0.3) is 0 Å². The normalized spacial score (nSPS) is 13.4. The van der Waals surface area contributed by atoms with E-state index in [1.54, 1.807) is 0 Å². The summed E-state index contributed by atoms with van der Waals surface area (Å²) >= 11 is 0. The molecule has 4 heteroatoms. The van der Waals surface area contributed by atoms with Crippen molar-refractivity contribution >= 4 is 6.09 Å². The molecular formula is C20H34N2O2. The number of hydrogen-bond acceptors (Lipinski definition) is 3. The van der Waals surface area contributed by atoms with Crippen molar-refractivity contribution in [3.05, 3.63) is 35.9 Å². The van der Waals surface area contributed by atoms with E-state index in [1.165, 1.54) is 5.56 Å². The number of benzene rings is 1. The Hall–Kier alpha value is -1.55. The predicted octanol–water partition coefficient (Wildman–Crippen LogP) is 4.64. The van der Waals surface area contributed by atoms with Crippen LogP contribution >= 0.6 is 0 Å². The van der Waals surface area contributed by atoms with Crippen LogP contribution in [0, 0.1) is 0 Å². The van der Waals surface area contributed by atoms with Crippen LogP contribution in [0.15, 0.2) is 30.3 Å². The maximum atomic E-state index is 11.7. The lowest BCUT2D eigenvalue weighted by atomic mass is 9.95. The molecule has 0 radical (unpaired) electrons. The van der Waals surface area contributed by atoms with Crippen molar-refractivity contribution in [2.24, 2.45) is 0 Å². The van der Waals surface area contributed by atoms with E-state index in [1.807, 2.05) is 33.8 Å². The van der Waals surface area contributed by atoms with E-state index in [4.69, 9.17) is 4.74 Å². The molecule has 0 aliphatic rings. The standard InChI is InChI=1S/C20H34N2O2/c1-16(22-18(23)24-19(2,3)4)11-10-14-20(5,6)21-15-17-12-8-7-9-13-17/h7-9,12-13,16,21H,10-11,14-15H2,1-6H3,(H,22,23). The van der Waals surface area contributed by atoms with Crippen molar-refractivity contribution in [2.75, 3.05) is 0 Å². The van der Waals surface area contributed by atoms with Crippen LogP contribution in [-0.2, 0) is 11.3 Å². The fraction of sp³-hybridized carbons (Fsp3) is 0.650. The summed E-state index contributed by atoms with van der Waals surface area (Å²) in [6.45, 7) is 13.0. The second-order valence-corrected chi connectivity index (χ2v) is 8.16. The third-order valence-electron chi connectivity index (χ3n) is 3.82. The molecule has 1 unspecified atom stereocenters. The Kier molecular flexibility index (Phi) is 7.74. The largest absolute Gasteiger partial charge is 0.444 e. The highest BCUT2D eigenvalue weighted by molar-refractivity contribution is 5.67. The highest BCUT2D eigenvalue weighted by atomic mass is 16.6. The SMILES string of the molecule is CC(CCCC(C)(C)NCc1ccccc1)NC(=O)OC(C)(C)C. The molecule has 0 spiro atoms. The second kappa shape index (κ2) is 9.07. The zero-order valence-corrected chi connectivity index (χ0v) is 16.1. The zero-order valence-electron chi connectivity index (χ0n) is 16.1. The number of ether oxygens (including phenoxy) is 1. The molecular weight excluding hydrogens is 300 g/mol. The molecule has 0 fully saturated rings. The molecule has 0 aliphatic heterocycles. The summed E-state index contributed by atoms with van der Waals surface area (Å²) in [7, 11) is 0. The van der Waals surface area contributed by atoms with Crippen LogP contribution < -0.4 is 10.6 Å². The maximum absolute atomic E-state index is 11.7. The summed E-state index contributed by atoms with van der Waals surface area (Å²) in [6.07, 6.45) is 2.71. The van der Waals surface area contributed by atoms with Crippen molar-refractivity contribution in [3.63, 3.8) is 0 Å². The molecule has 1 aromatic carbocycles. The Morgan fingerprint density at radius 3 is 2.33 bits per heavy atom. The molecule has 2 N–H and O–H groups in total. The molecule has 136 valence electrons. The lowest BCUT2D eigenvalue weighted by Crippen LogP contribution is -2.40. The molecule has 4 nitrogen and oxygen atoms in total. The van der Waals surface area contributed by atoms with E-state index in [-0.39, 0.29) is 17.7 Å². The average Bonchev–Trinajstić information content (AvgIpc) is 2.44. The van der Waals surface area contributed by atoms with Crippen molar-refractivity contribution in [3.8, 4) is 0 Å². The first-order chi connectivity index (χ1) is 11.1. The summed E-state index contributed by atoms with van der Waals surface area (Å²) < 4.78 is 5.28. The van der Waals surface area contributed by atoms with Gasteiger partial charge < -0.3 is 15.4 Å². The summed E-state index contributed by atoms with van der Waals surface area (Å²) in [5.74, 6) is 0. The van der Waals surface area contributed by atoms with Gasteiger partial charge in [-0.25, -0.2) is 4.79 Å².